The van der Waals surface area contributed by atoms with E-state index in [4.69, 9.17) is 0 Å². The summed E-state index contributed by atoms with van der Waals surface area (Å²) in [6, 6.07) is 7.84. The molecule has 0 unspecified atom stereocenters. The first-order chi connectivity index (χ1) is 9.90. The molecular weight excluding hydrogens is 284 g/mol. The van der Waals surface area contributed by atoms with Crippen molar-refractivity contribution in [2.24, 2.45) is 5.92 Å². The molecule has 1 aromatic rings. The highest BCUT2D eigenvalue weighted by Gasteiger charge is 2.22. The van der Waals surface area contributed by atoms with Crippen molar-refractivity contribution in [1.82, 2.24) is 10.6 Å². The number of amides is 2. The number of benzene rings is 1. The van der Waals surface area contributed by atoms with Crippen LogP contribution in [0.4, 0.5) is 0 Å². The maximum Gasteiger partial charge on any atom is 0.242 e. The second-order valence-corrected chi connectivity index (χ2v) is 6.54. The minimum Gasteiger partial charge on any atom is -0.353 e. The Morgan fingerprint density at radius 3 is 2.33 bits per heavy atom. The van der Waals surface area contributed by atoms with Crippen LogP contribution in [-0.2, 0) is 9.59 Å². The molecule has 0 bridgehead atoms. The Morgan fingerprint density at radius 2 is 1.81 bits per heavy atom. The van der Waals surface area contributed by atoms with Crippen molar-refractivity contribution >= 4 is 23.6 Å². The topological polar surface area (TPSA) is 58.2 Å². The van der Waals surface area contributed by atoms with Gasteiger partial charge < -0.3 is 10.6 Å². The molecule has 0 saturated carbocycles. The summed E-state index contributed by atoms with van der Waals surface area (Å²) in [5, 5.41) is 5.56. The van der Waals surface area contributed by atoms with Crippen molar-refractivity contribution in [3.05, 3.63) is 29.8 Å². The molecule has 0 heterocycles. The summed E-state index contributed by atoms with van der Waals surface area (Å²) < 4.78 is 0. The van der Waals surface area contributed by atoms with E-state index in [2.05, 4.69) is 41.8 Å². The van der Waals surface area contributed by atoms with Gasteiger partial charge in [0.2, 0.25) is 11.8 Å². The Balaban J connectivity index is 2.34. The van der Waals surface area contributed by atoms with Crippen LogP contribution >= 0.6 is 11.8 Å². The first-order valence-electron chi connectivity index (χ1n) is 7.14. The SMILES string of the molecule is CC(=O)N[C@@H](C(=O)NCCSc1ccc(C)cc1)C(C)C. The molecular formula is C16H24N2O2S. The summed E-state index contributed by atoms with van der Waals surface area (Å²) in [4.78, 5) is 24.3. The van der Waals surface area contributed by atoms with Crippen molar-refractivity contribution in [2.45, 2.75) is 38.6 Å². The van der Waals surface area contributed by atoms with Gasteiger partial charge in [-0.3, -0.25) is 9.59 Å². The molecule has 2 amide bonds. The summed E-state index contributed by atoms with van der Waals surface area (Å²) in [6.45, 7) is 7.90. The van der Waals surface area contributed by atoms with Crippen LogP contribution in [-0.4, -0.2) is 30.2 Å². The summed E-state index contributed by atoms with van der Waals surface area (Å²) in [5.41, 5.74) is 1.24. The molecule has 0 aliphatic rings. The average molecular weight is 308 g/mol. The quantitative estimate of drug-likeness (QED) is 0.600. The smallest absolute Gasteiger partial charge is 0.242 e. The standard InChI is InChI=1S/C16H24N2O2S/c1-11(2)15(18-13(4)19)16(20)17-9-10-21-14-7-5-12(3)6-8-14/h5-8,11,15H,9-10H2,1-4H3,(H,17,20)(H,18,19)/t15-/m1/s1. The lowest BCUT2D eigenvalue weighted by Crippen LogP contribution is -2.49. The highest BCUT2D eigenvalue weighted by atomic mass is 32.2. The third-order valence-electron chi connectivity index (χ3n) is 3.00. The Bertz CT molecular complexity index is 472. The Labute approximate surface area is 131 Å². The number of aryl methyl sites for hydroxylation is 1. The fourth-order valence-corrected chi connectivity index (χ4v) is 2.61. The van der Waals surface area contributed by atoms with E-state index in [1.54, 1.807) is 11.8 Å². The fourth-order valence-electron chi connectivity index (χ4n) is 1.84. The van der Waals surface area contributed by atoms with E-state index in [9.17, 15) is 9.59 Å². The number of hydrogen-bond donors (Lipinski definition) is 2. The predicted octanol–water partition coefficient (Wildman–Crippen LogP) is 2.36. The molecule has 0 aliphatic heterocycles. The second kappa shape index (κ2) is 8.72. The van der Waals surface area contributed by atoms with Gasteiger partial charge in [0, 0.05) is 24.1 Å². The van der Waals surface area contributed by atoms with Gasteiger partial charge in [-0.2, -0.15) is 0 Å². The van der Waals surface area contributed by atoms with Crippen LogP contribution in [0.5, 0.6) is 0 Å². The normalized spacial score (nSPS) is 12.0. The van der Waals surface area contributed by atoms with Crippen molar-refractivity contribution in [3.63, 3.8) is 0 Å². The lowest BCUT2D eigenvalue weighted by molar-refractivity contribution is -0.129. The minimum absolute atomic E-state index is 0.0682. The van der Waals surface area contributed by atoms with Crippen LogP contribution in [0.3, 0.4) is 0 Å². The number of rotatable bonds is 7. The van der Waals surface area contributed by atoms with Gasteiger partial charge in [0.25, 0.3) is 0 Å². The average Bonchev–Trinajstić information content (AvgIpc) is 2.42. The van der Waals surface area contributed by atoms with Crippen LogP contribution in [0.25, 0.3) is 0 Å². The first-order valence-corrected chi connectivity index (χ1v) is 8.13. The van der Waals surface area contributed by atoms with Gasteiger partial charge in [-0.1, -0.05) is 31.5 Å². The highest BCUT2D eigenvalue weighted by Crippen LogP contribution is 2.17. The lowest BCUT2D eigenvalue weighted by Gasteiger charge is -2.20. The monoisotopic (exact) mass is 308 g/mol. The molecule has 0 spiro atoms. The number of nitrogens with one attached hydrogen (secondary N) is 2. The molecule has 5 heteroatoms. The van der Waals surface area contributed by atoms with E-state index >= 15 is 0 Å². The third-order valence-corrected chi connectivity index (χ3v) is 4.01. The van der Waals surface area contributed by atoms with Gasteiger partial charge in [-0.25, -0.2) is 0 Å². The number of carbonyl (C=O) groups is 2. The lowest BCUT2D eigenvalue weighted by atomic mass is 10.0. The molecule has 21 heavy (non-hydrogen) atoms. The zero-order valence-electron chi connectivity index (χ0n) is 13.1. The highest BCUT2D eigenvalue weighted by molar-refractivity contribution is 7.99. The molecule has 0 aromatic heterocycles. The molecule has 0 radical (unpaired) electrons. The zero-order chi connectivity index (χ0) is 15.8. The molecule has 4 nitrogen and oxygen atoms in total. The van der Waals surface area contributed by atoms with Gasteiger partial charge in [-0.05, 0) is 25.0 Å². The number of thioether (sulfide) groups is 1. The summed E-state index contributed by atoms with van der Waals surface area (Å²) in [6.07, 6.45) is 0. The first kappa shape index (κ1) is 17.6. The second-order valence-electron chi connectivity index (χ2n) is 5.37. The largest absolute Gasteiger partial charge is 0.353 e. The molecule has 0 saturated heterocycles. The maximum atomic E-state index is 12.0. The van der Waals surface area contributed by atoms with Gasteiger partial charge in [0.05, 0.1) is 0 Å². The van der Waals surface area contributed by atoms with Gasteiger partial charge >= 0.3 is 0 Å². The molecule has 1 rings (SSSR count). The molecule has 2 N–H and O–H groups in total. The Morgan fingerprint density at radius 1 is 1.19 bits per heavy atom. The Hall–Kier alpha value is -1.49. The number of carbonyl (C=O) groups excluding carboxylic acids is 2. The molecule has 0 fully saturated rings. The zero-order valence-corrected chi connectivity index (χ0v) is 13.9. The third kappa shape index (κ3) is 6.67. The minimum atomic E-state index is -0.466. The van der Waals surface area contributed by atoms with Crippen LogP contribution in [0, 0.1) is 12.8 Å². The van der Waals surface area contributed by atoms with E-state index in [-0.39, 0.29) is 17.7 Å². The van der Waals surface area contributed by atoms with Gasteiger partial charge in [-0.15, -0.1) is 11.8 Å². The van der Waals surface area contributed by atoms with Gasteiger partial charge in [0.15, 0.2) is 0 Å². The van der Waals surface area contributed by atoms with E-state index in [0.717, 1.165) is 5.75 Å². The fraction of sp³-hybridized carbons (Fsp3) is 0.500. The van der Waals surface area contributed by atoms with E-state index in [1.165, 1.54) is 17.4 Å². The molecule has 1 atom stereocenters. The molecule has 116 valence electrons. The summed E-state index contributed by atoms with van der Waals surface area (Å²) >= 11 is 1.70. The maximum absolute atomic E-state index is 12.0. The van der Waals surface area contributed by atoms with Crippen molar-refractivity contribution in [3.8, 4) is 0 Å². The van der Waals surface area contributed by atoms with Crippen LogP contribution in [0.1, 0.15) is 26.3 Å². The van der Waals surface area contributed by atoms with E-state index < -0.39 is 6.04 Å². The summed E-state index contributed by atoms with van der Waals surface area (Å²) in [7, 11) is 0. The predicted molar refractivity (Wildman–Crippen MR) is 87.4 cm³/mol. The van der Waals surface area contributed by atoms with Crippen LogP contribution in [0.2, 0.25) is 0 Å². The van der Waals surface area contributed by atoms with Crippen LogP contribution < -0.4 is 10.6 Å². The van der Waals surface area contributed by atoms with Crippen molar-refractivity contribution in [1.29, 1.82) is 0 Å². The van der Waals surface area contributed by atoms with Crippen LogP contribution in [0.15, 0.2) is 29.2 Å². The Kier molecular flexibility index (Phi) is 7.29. The van der Waals surface area contributed by atoms with E-state index in [0.29, 0.717) is 6.54 Å². The van der Waals surface area contributed by atoms with Crippen molar-refractivity contribution < 1.29 is 9.59 Å². The number of hydrogen-bond acceptors (Lipinski definition) is 3. The summed E-state index contributed by atoms with van der Waals surface area (Å²) in [5.74, 6) is 0.570. The molecule has 1 aromatic carbocycles. The molecule has 0 aliphatic carbocycles. The van der Waals surface area contributed by atoms with Gasteiger partial charge in [0.1, 0.15) is 6.04 Å². The van der Waals surface area contributed by atoms with E-state index in [1.807, 2.05) is 13.8 Å². The van der Waals surface area contributed by atoms with Crippen molar-refractivity contribution in [2.75, 3.05) is 12.3 Å².